The van der Waals surface area contributed by atoms with Crippen LogP contribution in [0.25, 0.3) is 0 Å². The van der Waals surface area contributed by atoms with Crippen molar-refractivity contribution in [3.63, 3.8) is 0 Å². The summed E-state index contributed by atoms with van der Waals surface area (Å²) in [6.07, 6.45) is 0.471. The van der Waals surface area contributed by atoms with Crippen LogP contribution in [0.3, 0.4) is 0 Å². The standard InChI is InChI=1S/C25H34N2O5/c1-7-20(24(29)26-25(2,3)4)27(16-18-12-14-19(30-5)15-13-18)23(28)17-32-22-11-9-8-10-21(22)31-6/h8-15,20H,7,16-17H2,1-6H3,(H,26,29)/t20-/m0/s1. The number of benzene rings is 2. The van der Waals surface area contributed by atoms with Crippen LogP contribution in [0.5, 0.6) is 17.2 Å². The fourth-order valence-electron chi connectivity index (χ4n) is 3.26. The fourth-order valence-corrected chi connectivity index (χ4v) is 3.26. The molecule has 2 aromatic rings. The minimum atomic E-state index is -0.634. The Morgan fingerprint density at radius 2 is 1.59 bits per heavy atom. The lowest BCUT2D eigenvalue weighted by Crippen LogP contribution is -2.54. The normalized spacial score (nSPS) is 11.9. The summed E-state index contributed by atoms with van der Waals surface area (Å²) in [7, 11) is 3.15. The monoisotopic (exact) mass is 442 g/mol. The van der Waals surface area contributed by atoms with Crippen LogP contribution in [0.2, 0.25) is 0 Å². The Morgan fingerprint density at radius 3 is 2.12 bits per heavy atom. The van der Waals surface area contributed by atoms with E-state index in [-0.39, 0.29) is 25.0 Å². The minimum Gasteiger partial charge on any atom is -0.497 e. The highest BCUT2D eigenvalue weighted by molar-refractivity contribution is 5.88. The zero-order valence-electron chi connectivity index (χ0n) is 19.8. The van der Waals surface area contributed by atoms with E-state index in [0.717, 1.165) is 11.3 Å². The SMILES string of the molecule is CC[C@@H](C(=O)NC(C)(C)C)N(Cc1ccc(OC)cc1)C(=O)COc1ccccc1OC. The molecule has 0 radical (unpaired) electrons. The van der Waals surface area contributed by atoms with Crippen LogP contribution in [-0.2, 0) is 16.1 Å². The first-order chi connectivity index (χ1) is 15.2. The van der Waals surface area contributed by atoms with Crippen LogP contribution >= 0.6 is 0 Å². The number of methoxy groups -OCH3 is 2. The molecule has 0 heterocycles. The molecule has 0 unspecified atom stereocenters. The van der Waals surface area contributed by atoms with E-state index in [9.17, 15) is 9.59 Å². The van der Waals surface area contributed by atoms with Crippen LogP contribution in [0.15, 0.2) is 48.5 Å². The van der Waals surface area contributed by atoms with E-state index in [4.69, 9.17) is 14.2 Å². The highest BCUT2D eigenvalue weighted by Gasteiger charge is 2.31. The van der Waals surface area contributed by atoms with Crippen molar-refractivity contribution in [1.29, 1.82) is 0 Å². The summed E-state index contributed by atoms with van der Waals surface area (Å²) in [5, 5.41) is 2.99. The number of carbonyl (C=O) groups is 2. The second-order valence-corrected chi connectivity index (χ2v) is 8.47. The lowest BCUT2D eigenvalue weighted by atomic mass is 10.1. The van der Waals surface area contributed by atoms with Gasteiger partial charge in [0.2, 0.25) is 5.91 Å². The predicted octanol–water partition coefficient (Wildman–Crippen LogP) is 3.80. The molecule has 2 aromatic carbocycles. The smallest absolute Gasteiger partial charge is 0.261 e. The molecule has 0 bridgehead atoms. The van der Waals surface area contributed by atoms with Crippen molar-refractivity contribution < 1.29 is 23.8 Å². The molecule has 32 heavy (non-hydrogen) atoms. The van der Waals surface area contributed by atoms with Crippen molar-refractivity contribution in [2.75, 3.05) is 20.8 Å². The fraction of sp³-hybridized carbons (Fsp3) is 0.440. The van der Waals surface area contributed by atoms with Crippen LogP contribution in [-0.4, -0.2) is 49.1 Å². The number of nitrogens with zero attached hydrogens (tertiary/aromatic N) is 1. The summed E-state index contributed by atoms with van der Waals surface area (Å²) < 4.78 is 16.3. The summed E-state index contributed by atoms with van der Waals surface area (Å²) in [5.41, 5.74) is 0.478. The van der Waals surface area contributed by atoms with Crippen molar-refractivity contribution in [2.45, 2.75) is 52.2 Å². The van der Waals surface area contributed by atoms with Gasteiger partial charge in [-0.3, -0.25) is 9.59 Å². The van der Waals surface area contributed by atoms with Crippen molar-refractivity contribution in [2.24, 2.45) is 0 Å². The average molecular weight is 443 g/mol. The number of rotatable bonds is 10. The largest absolute Gasteiger partial charge is 0.497 e. The number of ether oxygens (including phenoxy) is 3. The summed E-state index contributed by atoms with van der Waals surface area (Å²) in [5.74, 6) is 1.25. The molecule has 0 fully saturated rings. The molecular formula is C25H34N2O5. The van der Waals surface area contributed by atoms with Crippen LogP contribution in [0.4, 0.5) is 0 Å². The van der Waals surface area contributed by atoms with Gasteiger partial charge in [-0.2, -0.15) is 0 Å². The first-order valence-corrected chi connectivity index (χ1v) is 10.7. The number of carbonyl (C=O) groups excluding carboxylic acids is 2. The zero-order chi connectivity index (χ0) is 23.7. The van der Waals surface area contributed by atoms with E-state index < -0.39 is 11.6 Å². The van der Waals surface area contributed by atoms with Gasteiger partial charge >= 0.3 is 0 Å². The minimum absolute atomic E-state index is 0.195. The van der Waals surface area contributed by atoms with Gasteiger partial charge in [0.1, 0.15) is 11.8 Å². The molecule has 0 aliphatic heterocycles. The highest BCUT2D eigenvalue weighted by Crippen LogP contribution is 2.26. The summed E-state index contributed by atoms with van der Waals surface area (Å²) in [4.78, 5) is 27.9. The molecule has 0 aliphatic carbocycles. The van der Waals surface area contributed by atoms with Gasteiger partial charge in [-0.1, -0.05) is 31.2 Å². The molecule has 1 N–H and O–H groups in total. The number of para-hydroxylation sites is 2. The average Bonchev–Trinajstić information content (AvgIpc) is 2.76. The van der Waals surface area contributed by atoms with Gasteiger partial charge in [0.05, 0.1) is 14.2 Å². The van der Waals surface area contributed by atoms with Crippen LogP contribution < -0.4 is 19.5 Å². The van der Waals surface area contributed by atoms with Crippen molar-refractivity contribution in [3.05, 3.63) is 54.1 Å². The molecule has 1 atom stereocenters. The van der Waals surface area contributed by atoms with E-state index in [1.165, 1.54) is 0 Å². The molecule has 0 aliphatic rings. The number of hydrogen-bond donors (Lipinski definition) is 1. The topological polar surface area (TPSA) is 77.1 Å². The van der Waals surface area contributed by atoms with Gasteiger partial charge in [-0.25, -0.2) is 0 Å². The van der Waals surface area contributed by atoms with E-state index in [1.54, 1.807) is 31.3 Å². The maximum atomic E-state index is 13.3. The lowest BCUT2D eigenvalue weighted by Gasteiger charge is -2.33. The Balaban J connectivity index is 2.26. The molecule has 2 amide bonds. The van der Waals surface area contributed by atoms with Crippen molar-refractivity contribution in [1.82, 2.24) is 10.2 Å². The summed E-state index contributed by atoms with van der Waals surface area (Å²) in [6, 6.07) is 13.9. The Labute approximate surface area is 190 Å². The molecule has 2 rings (SSSR count). The molecule has 0 saturated carbocycles. The maximum Gasteiger partial charge on any atom is 0.261 e. The Kier molecular flexibility index (Phi) is 8.93. The molecule has 0 aromatic heterocycles. The predicted molar refractivity (Wildman–Crippen MR) is 124 cm³/mol. The Morgan fingerprint density at radius 1 is 0.969 bits per heavy atom. The summed E-state index contributed by atoms with van der Waals surface area (Å²) in [6.45, 7) is 7.69. The van der Waals surface area contributed by atoms with Gasteiger partial charge in [0, 0.05) is 12.1 Å². The molecule has 174 valence electrons. The maximum absolute atomic E-state index is 13.3. The second kappa shape index (κ2) is 11.4. The first kappa shape index (κ1) is 25.0. The third-order valence-electron chi connectivity index (χ3n) is 4.82. The third kappa shape index (κ3) is 7.18. The molecule has 7 heteroatoms. The highest BCUT2D eigenvalue weighted by atomic mass is 16.5. The Bertz CT molecular complexity index is 890. The van der Waals surface area contributed by atoms with Gasteiger partial charge in [0.25, 0.3) is 5.91 Å². The second-order valence-electron chi connectivity index (χ2n) is 8.47. The van der Waals surface area contributed by atoms with Gasteiger partial charge in [0.15, 0.2) is 18.1 Å². The van der Waals surface area contributed by atoms with Crippen LogP contribution in [0.1, 0.15) is 39.7 Å². The summed E-state index contributed by atoms with van der Waals surface area (Å²) >= 11 is 0. The first-order valence-electron chi connectivity index (χ1n) is 10.7. The quantitative estimate of drug-likeness (QED) is 0.606. The van der Waals surface area contributed by atoms with E-state index in [1.807, 2.05) is 64.1 Å². The third-order valence-corrected chi connectivity index (χ3v) is 4.82. The molecule has 0 spiro atoms. The van der Waals surface area contributed by atoms with E-state index in [2.05, 4.69) is 5.32 Å². The van der Waals surface area contributed by atoms with E-state index in [0.29, 0.717) is 17.9 Å². The van der Waals surface area contributed by atoms with Crippen molar-refractivity contribution >= 4 is 11.8 Å². The molecular weight excluding hydrogens is 408 g/mol. The molecule has 7 nitrogen and oxygen atoms in total. The zero-order valence-corrected chi connectivity index (χ0v) is 19.8. The van der Waals surface area contributed by atoms with Gasteiger partial charge in [-0.15, -0.1) is 0 Å². The van der Waals surface area contributed by atoms with Crippen molar-refractivity contribution in [3.8, 4) is 17.2 Å². The lowest BCUT2D eigenvalue weighted by molar-refractivity contribution is -0.143. The van der Waals surface area contributed by atoms with Crippen LogP contribution in [0, 0.1) is 0 Å². The number of amides is 2. The van der Waals surface area contributed by atoms with Gasteiger partial charge < -0.3 is 24.4 Å². The number of hydrogen-bond acceptors (Lipinski definition) is 5. The van der Waals surface area contributed by atoms with E-state index >= 15 is 0 Å². The number of nitrogens with one attached hydrogen (secondary N) is 1. The van der Waals surface area contributed by atoms with Gasteiger partial charge in [-0.05, 0) is 57.0 Å². The molecule has 0 saturated heterocycles. The Hall–Kier alpha value is -3.22.